The summed E-state index contributed by atoms with van der Waals surface area (Å²) in [6, 6.07) is 7.24. The Morgan fingerprint density at radius 3 is 2.50 bits per heavy atom. The van der Waals surface area contributed by atoms with Crippen molar-refractivity contribution in [3.8, 4) is 5.75 Å². The summed E-state index contributed by atoms with van der Waals surface area (Å²) in [7, 11) is 3.44. The first-order valence-corrected chi connectivity index (χ1v) is 7.65. The molecule has 1 fully saturated rings. The molecule has 2 atom stereocenters. The third-order valence-electron chi connectivity index (χ3n) is 3.94. The van der Waals surface area contributed by atoms with E-state index in [9.17, 15) is 9.59 Å². The van der Waals surface area contributed by atoms with Crippen molar-refractivity contribution in [2.24, 2.45) is 0 Å². The number of hydrogen-bond donors (Lipinski definition) is 0. The van der Waals surface area contributed by atoms with Gasteiger partial charge in [0.15, 0.2) is 6.10 Å². The van der Waals surface area contributed by atoms with Crippen LogP contribution in [0.5, 0.6) is 5.75 Å². The maximum atomic E-state index is 12.6. The van der Waals surface area contributed by atoms with Crippen LogP contribution < -0.4 is 4.74 Å². The highest BCUT2D eigenvalue weighted by atomic mass is 16.5. The molecule has 1 heterocycles. The highest BCUT2D eigenvalue weighted by Crippen LogP contribution is 2.21. The molecule has 0 radical (unpaired) electrons. The van der Waals surface area contributed by atoms with E-state index in [1.165, 1.54) is 0 Å². The van der Waals surface area contributed by atoms with Gasteiger partial charge in [-0.3, -0.25) is 9.59 Å². The molecule has 1 aliphatic rings. The van der Waals surface area contributed by atoms with Gasteiger partial charge in [-0.25, -0.2) is 0 Å². The largest absolute Gasteiger partial charge is 0.481 e. The van der Waals surface area contributed by atoms with E-state index >= 15 is 0 Å². The summed E-state index contributed by atoms with van der Waals surface area (Å²) >= 11 is 0. The Labute approximate surface area is 131 Å². The molecule has 5 heteroatoms. The molecule has 22 heavy (non-hydrogen) atoms. The van der Waals surface area contributed by atoms with Crippen molar-refractivity contribution in [3.05, 3.63) is 29.8 Å². The highest BCUT2D eigenvalue weighted by Gasteiger charge is 2.37. The Kier molecular flexibility index (Phi) is 5.06. The predicted molar refractivity (Wildman–Crippen MR) is 84.7 cm³/mol. The van der Waals surface area contributed by atoms with Crippen LogP contribution in [0.2, 0.25) is 0 Å². The van der Waals surface area contributed by atoms with Crippen LogP contribution in [0.1, 0.15) is 25.3 Å². The second kappa shape index (κ2) is 6.81. The van der Waals surface area contributed by atoms with Crippen LogP contribution in [-0.2, 0) is 9.59 Å². The number of likely N-dealkylation sites (N-methyl/N-ethyl adjacent to an activating group) is 1. The maximum absolute atomic E-state index is 12.6. The lowest BCUT2D eigenvalue weighted by Crippen LogP contribution is -2.49. The van der Waals surface area contributed by atoms with Crippen LogP contribution in [0.25, 0.3) is 0 Å². The van der Waals surface area contributed by atoms with Gasteiger partial charge in [-0.05, 0) is 38.8 Å². The van der Waals surface area contributed by atoms with E-state index in [1.54, 1.807) is 30.8 Å². The zero-order valence-electron chi connectivity index (χ0n) is 13.7. The first kappa shape index (κ1) is 16.3. The van der Waals surface area contributed by atoms with E-state index in [4.69, 9.17) is 4.74 Å². The van der Waals surface area contributed by atoms with Gasteiger partial charge in [-0.1, -0.05) is 17.7 Å². The second-order valence-corrected chi connectivity index (χ2v) is 6.00. The van der Waals surface area contributed by atoms with Crippen LogP contribution in [0.3, 0.4) is 0 Å². The molecule has 1 aromatic carbocycles. The summed E-state index contributed by atoms with van der Waals surface area (Å²) in [5.74, 6) is 0.521. The zero-order valence-corrected chi connectivity index (χ0v) is 13.7. The van der Waals surface area contributed by atoms with Gasteiger partial charge in [-0.15, -0.1) is 0 Å². The summed E-state index contributed by atoms with van der Waals surface area (Å²) in [4.78, 5) is 28.0. The molecule has 2 unspecified atom stereocenters. The molecule has 0 aliphatic carbocycles. The van der Waals surface area contributed by atoms with Crippen molar-refractivity contribution in [2.75, 3.05) is 20.6 Å². The number of amides is 2. The second-order valence-electron chi connectivity index (χ2n) is 6.00. The highest BCUT2D eigenvalue weighted by molar-refractivity contribution is 5.89. The number of hydrogen-bond acceptors (Lipinski definition) is 3. The summed E-state index contributed by atoms with van der Waals surface area (Å²) in [6.45, 7) is 4.35. The van der Waals surface area contributed by atoms with Gasteiger partial charge >= 0.3 is 0 Å². The summed E-state index contributed by atoms with van der Waals surface area (Å²) in [6.07, 6.45) is 0.978. The Bertz CT molecular complexity index is 539. The van der Waals surface area contributed by atoms with Gasteiger partial charge in [0.25, 0.3) is 5.91 Å². The molecular formula is C17H24N2O3. The number of carbonyl (C=O) groups is 2. The molecule has 0 saturated carbocycles. The molecule has 0 aromatic heterocycles. The van der Waals surface area contributed by atoms with E-state index in [-0.39, 0.29) is 17.9 Å². The SMILES string of the molecule is Cc1ccc(OC(C)C(=O)N2CCCC2C(=O)N(C)C)cc1. The third kappa shape index (κ3) is 3.59. The van der Waals surface area contributed by atoms with E-state index in [0.29, 0.717) is 12.3 Å². The van der Waals surface area contributed by atoms with E-state index in [0.717, 1.165) is 18.4 Å². The number of nitrogens with zero attached hydrogens (tertiary/aromatic N) is 2. The zero-order chi connectivity index (χ0) is 16.3. The van der Waals surface area contributed by atoms with Gasteiger partial charge in [0.1, 0.15) is 11.8 Å². The third-order valence-corrected chi connectivity index (χ3v) is 3.94. The smallest absolute Gasteiger partial charge is 0.264 e. The molecule has 1 aromatic rings. The Balaban J connectivity index is 2.03. The standard InChI is InChI=1S/C17H24N2O3/c1-12-7-9-14(10-8-12)22-13(2)16(20)19-11-5-6-15(19)17(21)18(3)4/h7-10,13,15H,5-6,11H2,1-4H3. The maximum Gasteiger partial charge on any atom is 0.264 e. The minimum absolute atomic E-state index is 0.0200. The lowest BCUT2D eigenvalue weighted by molar-refractivity contribution is -0.146. The van der Waals surface area contributed by atoms with Crippen LogP contribution in [0, 0.1) is 6.92 Å². The monoisotopic (exact) mass is 304 g/mol. The van der Waals surface area contributed by atoms with Crippen molar-refractivity contribution in [1.29, 1.82) is 0 Å². The quantitative estimate of drug-likeness (QED) is 0.853. The van der Waals surface area contributed by atoms with Crippen molar-refractivity contribution in [3.63, 3.8) is 0 Å². The molecule has 0 bridgehead atoms. The summed E-state index contributed by atoms with van der Waals surface area (Å²) < 4.78 is 5.72. The lowest BCUT2D eigenvalue weighted by Gasteiger charge is -2.28. The molecule has 0 spiro atoms. The number of likely N-dealkylation sites (tertiary alicyclic amines) is 1. The molecule has 0 N–H and O–H groups in total. The minimum atomic E-state index is -0.599. The van der Waals surface area contributed by atoms with Crippen LogP contribution in [0.15, 0.2) is 24.3 Å². The van der Waals surface area contributed by atoms with Crippen molar-refractivity contribution in [1.82, 2.24) is 9.80 Å². The van der Waals surface area contributed by atoms with Crippen molar-refractivity contribution in [2.45, 2.75) is 38.8 Å². The average Bonchev–Trinajstić information content (AvgIpc) is 2.97. The molecule has 2 amide bonds. The number of carbonyl (C=O) groups excluding carboxylic acids is 2. The van der Waals surface area contributed by atoms with Crippen molar-refractivity contribution < 1.29 is 14.3 Å². The first-order chi connectivity index (χ1) is 10.4. The number of benzene rings is 1. The van der Waals surface area contributed by atoms with E-state index in [1.807, 2.05) is 31.2 Å². The number of rotatable bonds is 4. The topological polar surface area (TPSA) is 49.9 Å². The minimum Gasteiger partial charge on any atom is -0.481 e. The fraction of sp³-hybridized carbons (Fsp3) is 0.529. The molecule has 120 valence electrons. The fourth-order valence-electron chi connectivity index (χ4n) is 2.69. The van der Waals surface area contributed by atoms with Gasteiger partial charge in [0, 0.05) is 20.6 Å². The van der Waals surface area contributed by atoms with Crippen LogP contribution in [0.4, 0.5) is 0 Å². The molecule has 5 nitrogen and oxygen atoms in total. The summed E-state index contributed by atoms with van der Waals surface area (Å²) in [5, 5.41) is 0. The van der Waals surface area contributed by atoms with Crippen molar-refractivity contribution >= 4 is 11.8 Å². The van der Waals surface area contributed by atoms with Crippen LogP contribution in [-0.4, -0.2) is 54.4 Å². The number of ether oxygens (including phenoxy) is 1. The normalized spacial score (nSPS) is 18.9. The van der Waals surface area contributed by atoms with Gasteiger partial charge in [0.2, 0.25) is 5.91 Å². The van der Waals surface area contributed by atoms with Gasteiger partial charge < -0.3 is 14.5 Å². The Hall–Kier alpha value is -2.04. The predicted octanol–water partition coefficient (Wildman–Crippen LogP) is 1.84. The first-order valence-electron chi connectivity index (χ1n) is 7.65. The fourth-order valence-corrected chi connectivity index (χ4v) is 2.69. The molecule has 1 aliphatic heterocycles. The number of aryl methyl sites for hydroxylation is 1. The molecule has 2 rings (SSSR count). The molecular weight excluding hydrogens is 280 g/mol. The Morgan fingerprint density at radius 2 is 1.91 bits per heavy atom. The molecule has 1 saturated heterocycles. The van der Waals surface area contributed by atoms with E-state index < -0.39 is 6.10 Å². The van der Waals surface area contributed by atoms with Gasteiger partial charge in [0.05, 0.1) is 0 Å². The lowest BCUT2D eigenvalue weighted by atomic mass is 10.2. The summed E-state index contributed by atoms with van der Waals surface area (Å²) in [5.41, 5.74) is 1.14. The average molecular weight is 304 g/mol. The van der Waals surface area contributed by atoms with Crippen LogP contribution >= 0.6 is 0 Å². The van der Waals surface area contributed by atoms with Gasteiger partial charge in [-0.2, -0.15) is 0 Å². The Morgan fingerprint density at radius 1 is 1.27 bits per heavy atom. The van der Waals surface area contributed by atoms with E-state index in [2.05, 4.69) is 0 Å².